The molecule has 0 saturated carbocycles. The van der Waals surface area contributed by atoms with Crippen LogP contribution in [0.2, 0.25) is 0 Å². The summed E-state index contributed by atoms with van der Waals surface area (Å²) in [6, 6.07) is 7.54. The van der Waals surface area contributed by atoms with E-state index in [1.165, 1.54) is 0 Å². The smallest absolute Gasteiger partial charge is 0.129 e. The van der Waals surface area contributed by atoms with E-state index in [0.29, 0.717) is 11.6 Å². The Bertz CT molecular complexity index is 355. The van der Waals surface area contributed by atoms with E-state index in [0.717, 1.165) is 37.0 Å². The number of ether oxygens (including phenoxy) is 1. The molecule has 0 aliphatic heterocycles. The fourth-order valence-electron chi connectivity index (χ4n) is 1.55. The molecule has 0 amide bonds. The predicted molar refractivity (Wildman–Crippen MR) is 73.4 cm³/mol. The van der Waals surface area contributed by atoms with Crippen LogP contribution in [-0.2, 0) is 0 Å². The molecule has 0 saturated heterocycles. The molecule has 0 heterocycles. The van der Waals surface area contributed by atoms with Crippen molar-refractivity contribution in [1.82, 2.24) is 0 Å². The molecule has 4 heteroatoms. The lowest BCUT2D eigenvalue weighted by Gasteiger charge is -2.10. The van der Waals surface area contributed by atoms with Crippen molar-refractivity contribution in [2.24, 2.45) is 5.73 Å². The average Bonchev–Trinajstić information content (AvgIpc) is 2.34. The second-order valence-electron chi connectivity index (χ2n) is 3.85. The second-order valence-corrected chi connectivity index (χ2v) is 4.29. The number of hydrogen-bond donors (Lipinski definition) is 2. The van der Waals surface area contributed by atoms with Crippen LogP contribution >= 0.6 is 12.2 Å². The minimum atomic E-state index is 0.269. The number of benzene rings is 1. The van der Waals surface area contributed by atoms with Gasteiger partial charge < -0.3 is 15.6 Å². The summed E-state index contributed by atoms with van der Waals surface area (Å²) in [5.74, 6) is 0.752. The molecule has 3 nitrogen and oxygen atoms in total. The molecule has 0 atom stereocenters. The molecule has 1 aromatic rings. The van der Waals surface area contributed by atoms with Gasteiger partial charge in [0.25, 0.3) is 0 Å². The van der Waals surface area contributed by atoms with Crippen molar-refractivity contribution in [2.45, 2.75) is 25.7 Å². The molecular formula is C13H19NO2S. The van der Waals surface area contributed by atoms with Crippen LogP contribution in [0.5, 0.6) is 5.75 Å². The molecule has 94 valence electrons. The molecule has 0 spiro atoms. The van der Waals surface area contributed by atoms with Crippen LogP contribution in [0.3, 0.4) is 0 Å². The number of rotatable bonds is 8. The quantitative estimate of drug-likeness (QED) is 0.551. The van der Waals surface area contributed by atoms with Crippen molar-refractivity contribution in [3.05, 3.63) is 29.8 Å². The highest BCUT2D eigenvalue weighted by Crippen LogP contribution is 2.18. The van der Waals surface area contributed by atoms with Crippen LogP contribution in [-0.4, -0.2) is 23.3 Å². The Hall–Kier alpha value is -1.13. The third kappa shape index (κ3) is 5.15. The molecule has 1 rings (SSSR count). The molecule has 0 bridgehead atoms. The summed E-state index contributed by atoms with van der Waals surface area (Å²) in [6.45, 7) is 0.927. The third-order valence-corrected chi connectivity index (χ3v) is 2.68. The Morgan fingerprint density at radius 1 is 1.18 bits per heavy atom. The highest BCUT2D eigenvalue weighted by Gasteiger charge is 2.04. The third-order valence-electron chi connectivity index (χ3n) is 2.46. The monoisotopic (exact) mass is 253 g/mol. The maximum absolute atomic E-state index is 8.64. The van der Waals surface area contributed by atoms with Gasteiger partial charge in [0.1, 0.15) is 10.7 Å². The summed E-state index contributed by atoms with van der Waals surface area (Å²) in [6.07, 6.45) is 3.95. The van der Waals surface area contributed by atoms with Crippen LogP contribution < -0.4 is 10.5 Å². The van der Waals surface area contributed by atoms with Crippen LogP contribution in [0, 0.1) is 0 Å². The zero-order valence-electron chi connectivity index (χ0n) is 9.89. The lowest BCUT2D eigenvalue weighted by atomic mass is 10.2. The number of aliphatic hydroxyl groups is 1. The van der Waals surface area contributed by atoms with E-state index in [1.807, 2.05) is 24.3 Å². The molecule has 0 aliphatic carbocycles. The van der Waals surface area contributed by atoms with E-state index in [-0.39, 0.29) is 6.61 Å². The molecule has 0 unspecified atom stereocenters. The van der Waals surface area contributed by atoms with Gasteiger partial charge in [0.05, 0.1) is 12.2 Å². The first-order chi connectivity index (χ1) is 8.25. The van der Waals surface area contributed by atoms with Crippen molar-refractivity contribution in [2.75, 3.05) is 13.2 Å². The fourth-order valence-corrected chi connectivity index (χ4v) is 1.71. The average molecular weight is 253 g/mol. The van der Waals surface area contributed by atoms with Gasteiger partial charge in [-0.2, -0.15) is 0 Å². The maximum Gasteiger partial charge on any atom is 0.129 e. The Balaban J connectivity index is 2.34. The van der Waals surface area contributed by atoms with Gasteiger partial charge in [-0.25, -0.2) is 0 Å². The maximum atomic E-state index is 8.64. The first-order valence-corrected chi connectivity index (χ1v) is 6.29. The predicted octanol–water partition coefficient (Wildman–Crippen LogP) is 2.25. The SMILES string of the molecule is NC(=S)c1ccccc1OCCCCCCO. The van der Waals surface area contributed by atoms with Crippen LogP contribution in [0.25, 0.3) is 0 Å². The van der Waals surface area contributed by atoms with Gasteiger partial charge >= 0.3 is 0 Å². The van der Waals surface area contributed by atoms with Gasteiger partial charge in [-0.3, -0.25) is 0 Å². The number of aliphatic hydroxyl groups excluding tert-OH is 1. The minimum absolute atomic E-state index is 0.269. The van der Waals surface area contributed by atoms with Crippen LogP contribution in [0.15, 0.2) is 24.3 Å². The largest absolute Gasteiger partial charge is 0.493 e. The van der Waals surface area contributed by atoms with Gasteiger partial charge in [-0.15, -0.1) is 0 Å². The van der Waals surface area contributed by atoms with Crippen molar-refractivity contribution >= 4 is 17.2 Å². The summed E-state index contributed by atoms with van der Waals surface area (Å²) < 4.78 is 5.65. The summed E-state index contributed by atoms with van der Waals surface area (Å²) in [5.41, 5.74) is 6.40. The fraction of sp³-hybridized carbons (Fsp3) is 0.462. The van der Waals surface area contributed by atoms with E-state index in [4.69, 9.17) is 27.8 Å². The zero-order chi connectivity index (χ0) is 12.5. The van der Waals surface area contributed by atoms with Gasteiger partial charge in [-0.1, -0.05) is 30.8 Å². The van der Waals surface area contributed by atoms with Crippen LogP contribution in [0.1, 0.15) is 31.2 Å². The van der Waals surface area contributed by atoms with Crippen molar-refractivity contribution in [1.29, 1.82) is 0 Å². The normalized spacial score (nSPS) is 10.2. The Kier molecular flexibility index (Phi) is 6.58. The Morgan fingerprint density at radius 3 is 2.59 bits per heavy atom. The van der Waals surface area contributed by atoms with Crippen molar-refractivity contribution in [3.8, 4) is 5.75 Å². The number of nitrogens with two attached hydrogens (primary N) is 1. The molecule has 17 heavy (non-hydrogen) atoms. The standard InChI is InChI=1S/C13H19NO2S/c14-13(17)11-7-3-4-8-12(11)16-10-6-2-1-5-9-15/h3-4,7-8,15H,1-2,5-6,9-10H2,(H2,14,17). The number of thiocarbonyl (C=S) groups is 1. The molecule has 0 radical (unpaired) electrons. The first-order valence-electron chi connectivity index (χ1n) is 5.88. The van der Waals surface area contributed by atoms with Gasteiger partial charge in [0.2, 0.25) is 0 Å². The summed E-state index contributed by atoms with van der Waals surface area (Å²) in [4.78, 5) is 0.362. The van der Waals surface area contributed by atoms with E-state index >= 15 is 0 Å². The Labute approximate surface area is 108 Å². The summed E-state index contributed by atoms with van der Waals surface area (Å²) in [7, 11) is 0. The van der Waals surface area contributed by atoms with E-state index in [2.05, 4.69) is 0 Å². The van der Waals surface area contributed by atoms with Gasteiger partial charge in [0.15, 0.2) is 0 Å². The zero-order valence-corrected chi connectivity index (χ0v) is 10.7. The van der Waals surface area contributed by atoms with E-state index < -0.39 is 0 Å². The van der Waals surface area contributed by atoms with Crippen LogP contribution in [0.4, 0.5) is 0 Å². The highest BCUT2D eigenvalue weighted by molar-refractivity contribution is 7.80. The summed E-state index contributed by atoms with van der Waals surface area (Å²) >= 11 is 4.96. The number of unbranched alkanes of at least 4 members (excludes halogenated alkanes) is 3. The second kappa shape index (κ2) is 8.03. The number of para-hydroxylation sites is 1. The molecule has 0 fully saturated rings. The molecule has 1 aromatic carbocycles. The molecular weight excluding hydrogens is 234 g/mol. The van der Waals surface area contributed by atoms with E-state index in [9.17, 15) is 0 Å². The molecule has 3 N–H and O–H groups in total. The lowest BCUT2D eigenvalue weighted by molar-refractivity contribution is 0.273. The van der Waals surface area contributed by atoms with Crippen molar-refractivity contribution in [3.63, 3.8) is 0 Å². The Morgan fingerprint density at radius 2 is 1.88 bits per heavy atom. The minimum Gasteiger partial charge on any atom is -0.493 e. The first kappa shape index (κ1) is 13.9. The number of hydrogen-bond acceptors (Lipinski definition) is 3. The van der Waals surface area contributed by atoms with E-state index in [1.54, 1.807) is 0 Å². The van der Waals surface area contributed by atoms with Gasteiger partial charge in [-0.05, 0) is 31.4 Å². The topological polar surface area (TPSA) is 55.5 Å². The molecule has 0 aliphatic rings. The molecule has 0 aromatic heterocycles. The summed E-state index contributed by atoms with van der Waals surface area (Å²) in [5, 5.41) is 8.64. The lowest BCUT2D eigenvalue weighted by Crippen LogP contribution is -2.12. The highest BCUT2D eigenvalue weighted by atomic mass is 32.1. The van der Waals surface area contributed by atoms with Crippen molar-refractivity contribution < 1.29 is 9.84 Å². The van der Waals surface area contributed by atoms with Gasteiger partial charge in [0, 0.05) is 6.61 Å².